The lowest BCUT2D eigenvalue weighted by Gasteiger charge is -2.06. The van der Waals surface area contributed by atoms with E-state index in [0.29, 0.717) is 25.5 Å². The molecule has 2 aromatic carbocycles. The molecular weight excluding hydrogens is 431 g/mol. The Hall–Kier alpha value is -1.80. The number of rotatable bonds is 4. The van der Waals surface area contributed by atoms with E-state index < -0.39 is 5.91 Å². The predicted octanol–water partition coefficient (Wildman–Crippen LogP) is 3.73. The lowest BCUT2D eigenvalue weighted by atomic mass is 10.1. The van der Waals surface area contributed by atoms with Crippen LogP contribution in [-0.4, -0.2) is 24.3 Å². The molecule has 0 saturated carbocycles. The Morgan fingerprint density at radius 2 is 2.13 bits per heavy atom. The van der Waals surface area contributed by atoms with Gasteiger partial charge in [0.1, 0.15) is 0 Å². The number of carbonyl (C=O) groups is 1. The number of carbonyl (C=O) groups excluding carboxylic acids is 1. The standard InChI is InChI=1S/C16H14ClIN2O3/c1-9-3-4-11(12(17)5-9)16(22)20-19-8-10-6-13(18)15(21)14(7-10)23-2/h3-8,21H,1-2H3,(H,20,22)/b19-8+. The Morgan fingerprint density at radius 3 is 2.78 bits per heavy atom. The average Bonchev–Trinajstić information content (AvgIpc) is 2.50. The molecule has 2 N–H and O–H groups in total. The summed E-state index contributed by atoms with van der Waals surface area (Å²) in [4.78, 5) is 12.0. The fourth-order valence-electron chi connectivity index (χ4n) is 1.85. The molecule has 1 amide bonds. The van der Waals surface area contributed by atoms with Crippen molar-refractivity contribution >= 4 is 46.3 Å². The van der Waals surface area contributed by atoms with Crippen molar-refractivity contribution in [2.24, 2.45) is 5.10 Å². The first-order chi connectivity index (χ1) is 10.9. The maximum absolute atomic E-state index is 12.0. The van der Waals surface area contributed by atoms with Crippen LogP contribution in [0.3, 0.4) is 0 Å². The highest BCUT2D eigenvalue weighted by Gasteiger charge is 2.10. The second kappa shape index (κ2) is 7.65. The van der Waals surface area contributed by atoms with Crippen LogP contribution in [0.4, 0.5) is 0 Å². The number of halogens is 2. The van der Waals surface area contributed by atoms with E-state index in [9.17, 15) is 9.90 Å². The zero-order valence-corrected chi connectivity index (χ0v) is 15.3. The van der Waals surface area contributed by atoms with Crippen molar-refractivity contribution in [3.63, 3.8) is 0 Å². The third-order valence-corrected chi connectivity index (χ3v) is 4.15. The summed E-state index contributed by atoms with van der Waals surface area (Å²) in [6.45, 7) is 1.89. The van der Waals surface area contributed by atoms with Gasteiger partial charge < -0.3 is 9.84 Å². The largest absolute Gasteiger partial charge is 0.504 e. The van der Waals surface area contributed by atoms with E-state index in [1.54, 1.807) is 30.3 Å². The van der Waals surface area contributed by atoms with Crippen molar-refractivity contribution in [1.82, 2.24) is 5.43 Å². The Morgan fingerprint density at radius 1 is 1.39 bits per heavy atom. The van der Waals surface area contributed by atoms with Gasteiger partial charge in [-0.15, -0.1) is 0 Å². The molecular formula is C16H14ClIN2O3. The molecule has 0 aliphatic carbocycles. The highest BCUT2D eigenvalue weighted by Crippen LogP contribution is 2.31. The predicted molar refractivity (Wildman–Crippen MR) is 98.6 cm³/mol. The number of hydrogen-bond donors (Lipinski definition) is 2. The van der Waals surface area contributed by atoms with Crippen molar-refractivity contribution in [2.45, 2.75) is 6.92 Å². The highest BCUT2D eigenvalue weighted by molar-refractivity contribution is 14.1. The lowest BCUT2D eigenvalue weighted by molar-refractivity contribution is 0.0955. The Labute approximate surface area is 152 Å². The summed E-state index contributed by atoms with van der Waals surface area (Å²) in [7, 11) is 1.47. The number of nitrogens with one attached hydrogen (secondary N) is 1. The van der Waals surface area contributed by atoms with Crippen LogP contribution >= 0.6 is 34.2 Å². The molecule has 0 fully saturated rings. The number of benzene rings is 2. The Bertz CT molecular complexity index is 778. The second-order valence-electron chi connectivity index (χ2n) is 4.74. The first-order valence-corrected chi connectivity index (χ1v) is 8.04. The quantitative estimate of drug-likeness (QED) is 0.429. The number of methoxy groups -OCH3 is 1. The first kappa shape index (κ1) is 17.6. The van der Waals surface area contributed by atoms with Crippen LogP contribution in [0.1, 0.15) is 21.5 Å². The minimum atomic E-state index is -0.397. The average molecular weight is 445 g/mol. The normalized spacial score (nSPS) is 10.8. The molecule has 0 unspecified atom stereocenters. The van der Waals surface area contributed by atoms with Crippen molar-refractivity contribution in [2.75, 3.05) is 7.11 Å². The number of phenols is 1. The van der Waals surface area contributed by atoms with E-state index in [1.807, 2.05) is 29.5 Å². The van der Waals surface area contributed by atoms with Gasteiger partial charge in [0.25, 0.3) is 5.91 Å². The molecule has 23 heavy (non-hydrogen) atoms. The van der Waals surface area contributed by atoms with Gasteiger partial charge in [-0.2, -0.15) is 5.10 Å². The SMILES string of the molecule is COc1cc(/C=N/NC(=O)c2ccc(C)cc2Cl)cc(I)c1O. The van der Waals surface area contributed by atoms with E-state index in [2.05, 4.69) is 10.5 Å². The van der Waals surface area contributed by atoms with Gasteiger partial charge in [0, 0.05) is 0 Å². The number of ether oxygens (including phenoxy) is 1. The molecule has 0 spiro atoms. The monoisotopic (exact) mass is 444 g/mol. The van der Waals surface area contributed by atoms with Crippen LogP contribution in [0.25, 0.3) is 0 Å². The van der Waals surface area contributed by atoms with Crippen molar-refractivity contribution in [3.8, 4) is 11.5 Å². The topological polar surface area (TPSA) is 70.9 Å². The van der Waals surface area contributed by atoms with E-state index in [0.717, 1.165) is 5.56 Å². The Balaban J connectivity index is 2.12. The number of hydrazone groups is 1. The summed E-state index contributed by atoms with van der Waals surface area (Å²) in [5, 5.41) is 14.1. The summed E-state index contributed by atoms with van der Waals surface area (Å²) < 4.78 is 5.69. The maximum atomic E-state index is 12.0. The zero-order valence-electron chi connectivity index (χ0n) is 12.4. The minimum Gasteiger partial charge on any atom is -0.504 e. The van der Waals surface area contributed by atoms with Crippen molar-refractivity contribution < 1.29 is 14.6 Å². The van der Waals surface area contributed by atoms with E-state index in [-0.39, 0.29) is 5.75 Å². The minimum absolute atomic E-state index is 0.0701. The summed E-state index contributed by atoms with van der Waals surface area (Å²) in [6, 6.07) is 8.50. The molecule has 0 saturated heterocycles. The number of nitrogens with zero attached hydrogens (tertiary/aromatic N) is 1. The number of hydrogen-bond acceptors (Lipinski definition) is 4. The van der Waals surface area contributed by atoms with Gasteiger partial charge in [-0.05, 0) is 64.9 Å². The van der Waals surface area contributed by atoms with Crippen molar-refractivity contribution in [3.05, 3.63) is 55.6 Å². The third kappa shape index (κ3) is 4.35. The van der Waals surface area contributed by atoms with Crippen LogP contribution < -0.4 is 10.2 Å². The van der Waals surface area contributed by atoms with Gasteiger partial charge in [0.2, 0.25) is 0 Å². The van der Waals surface area contributed by atoms with Crippen molar-refractivity contribution in [1.29, 1.82) is 0 Å². The molecule has 2 aromatic rings. The summed E-state index contributed by atoms with van der Waals surface area (Å²) in [6.07, 6.45) is 1.46. The molecule has 120 valence electrons. The molecule has 7 heteroatoms. The smallest absolute Gasteiger partial charge is 0.272 e. The van der Waals surface area contributed by atoms with Gasteiger partial charge in [-0.3, -0.25) is 4.79 Å². The molecule has 0 heterocycles. The fraction of sp³-hybridized carbons (Fsp3) is 0.125. The van der Waals surface area contributed by atoms with E-state index >= 15 is 0 Å². The van der Waals surface area contributed by atoms with Crippen LogP contribution in [0.5, 0.6) is 11.5 Å². The number of amides is 1. The van der Waals surface area contributed by atoms with Crippen LogP contribution in [0, 0.1) is 10.5 Å². The summed E-state index contributed by atoms with van der Waals surface area (Å²) in [5.74, 6) is 0.0127. The molecule has 0 aliphatic heterocycles. The van der Waals surface area contributed by atoms with Crippen LogP contribution in [0.15, 0.2) is 35.4 Å². The number of aryl methyl sites for hydroxylation is 1. The summed E-state index contributed by atoms with van der Waals surface area (Å²) in [5.41, 5.74) is 4.43. The van der Waals surface area contributed by atoms with Crippen LogP contribution in [0.2, 0.25) is 5.02 Å². The van der Waals surface area contributed by atoms with E-state index in [1.165, 1.54) is 13.3 Å². The van der Waals surface area contributed by atoms with Gasteiger partial charge >= 0.3 is 0 Å². The molecule has 0 atom stereocenters. The second-order valence-corrected chi connectivity index (χ2v) is 6.31. The molecule has 2 rings (SSSR count). The van der Waals surface area contributed by atoms with E-state index in [4.69, 9.17) is 16.3 Å². The summed E-state index contributed by atoms with van der Waals surface area (Å²) >= 11 is 8.02. The number of aromatic hydroxyl groups is 1. The molecule has 0 radical (unpaired) electrons. The highest BCUT2D eigenvalue weighted by atomic mass is 127. The lowest BCUT2D eigenvalue weighted by Crippen LogP contribution is -2.18. The molecule has 0 aliphatic rings. The zero-order chi connectivity index (χ0) is 17.0. The third-order valence-electron chi connectivity index (χ3n) is 3.02. The van der Waals surface area contributed by atoms with Gasteiger partial charge in [0.15, 0.2) is 11.5 Å². The van der Waals surface area contributed by atoms with Gasteiger partial charge in [0.05, 0.1) is 27.5 Å². The number of phenolic OH excluding ortho intramolecular Hbond substituents is 1. The molecule has 5 nitrogen and oxygen atoms in total. The van der Waals surface area contributed by atoms with Gasteiger partial charge in [-0.1, -0.05) is 17.7 Å². The van der Waals surface area contributed by atoms with Crippen LogP contribution in [-0.2, 0) is 0 Å². The fourth-order valence-corrected chi connectivity index (χ4v) is 2.80. The molecule has 0 bridgehead atoms. The molecule has 0 aromatic heterocycles. The first-order valence-electron chi connectivity index (χ1n) is 6.58. The maximum Gasteiger partial charge on any atom is 0.272 e. The van der Waals surface area contributed by atoms with Gasteiger partial charge in [-0.25, -0.2) is 5.43 Å². The Kier molecular flexibility index (Phi) is 5.84.